The van der Waals surface area contributed by atoms with Crippen LogP contribution in [0, 0.1) is 0 Å². The minimum atomic E-state index is -0.644. The first kappa shape index (κ1) is 13.3. The van der Waals surface area contributed by atoms with E-state index in [1.807, 2.05) is 42.5 Å². The Labute approximate surface area is 122 Å². The molecule has 0 aliphatic heterocycles. The Balaban J connectivity index is 1.91. The number of rotatable bonds is 4. The number of hydrogen-bond donors (Lipinski definition) is 2. The first-order valence-corrected chi connectivity index (χ1v) is 6.73. The lowest BCUT2D eigenvalue weighted by Gasteiger charge is -2.11. The number of carbonyl (C=O) groups is 1. The van der Waals surface area contributed by atoms with E-state index < -0.39 is 6.04 Å². The number of benzene rings is 1. The summed E-state index contributed by atoms with van der Waals surface area (Å²) in [6.45, 7) is 0. The number of anilines is 1. The Morgan fingerprint density at radius 3 is 2.62 bits per heavy atom. The summed E-state index contributed by atoms with van der Waals surface area (Å²) in [6, 6.07) is 14.5. The van der Waals surface area contributed by atoms with Gasteiger partial charge in [-0.2, -0.15) is 0 Å². The molecule has 0 saturated carbocycles. The highest BCUT2D eigenvalue weighted by Gasteiger charge is 2.23. The highest BCUT2D eigenvalue weighted by molar-refractivity contribution is 6.03. The zero-order chi connectivity index (χ0) is 14.8. The van der Waals surface area contributed by atoms with Gasteiger partial charge in [0.2, 0.25) is 0 Å². The second-order valence-corrected chi connectivity index (χ2v) is 4.93. The molecule has 0 saturated heterocycles. The van der Waals surface area contributed by atoms with Crippen molar-refractivity contribution in [1.29, 1.82) is 0 Å². The summed E-state index contributed by atoms with van der Waals surface area (Å²) in [5.74, 6) is 0.0183. The molecule has 0 amide bonds. The standard InChI is InChI=1S/C16H16N4O/c17-12(10-11-6-2-1-3-7-11)15(21)14-16(18)19-13-8-4-5-9-20(13)14/h1-9,12H,10,17-18H2/t12-/m1/s1. The fraction of sp³-hybridized carbons (Fsp3) is 0.125. The van der Waals surface area contributed by atoms with Gasteiger partial charge in [0.15, 0.2) is 11.6 Å². The van der Waals surface area contributed by atoms with Gasteiger partial charge in [-0.3, -0.25) is 9.20 Å². The van der Waals surface area contributed by atoms with Gasteiger partial charge in [-0.05, 0) is 24.1 Å². The third kappa shape index (κ3) is 2.51. The van der Waals surface area contributed by atoms with Crippen LogP contribution >= 0.6 is 0 Å². The Morgan fingerprint density at radius 2 is 1.86 bits per heavy atom. The highest BCUT2D eigenvalue weighted by Crippen LogP contribution is 2.17. The summed E-state index contributed by atoms with van der Waals surface area (Å²) in [7, 11) is 0. The van der Waals surface area contributed by atoms with Crippen LogP contribution in [0.1, 0.15) is 16.1 Å². The van der Waals surface area contributed by atoms with Crippen LogP contribution in [0.4, 0.5) is 5.82 Å². The van der Waals surface area contributed by atoms with Gasteiger partial charge < -0.3 is 11.5 Å². The van der Waals surface area contributed by atoms with Crippen LogP contribution in [0.3, 0.4) is 0 Å². The van der Waals surface area contributed by atoms with E-state index in [1.165, 1.54) is 0 Å². The van der Waals surface area contributed by atoms with Crippen molar-refractivity contribution >= 4 is 17.2 Å². The van der Waals surface area contributed by atoms with Gasteiger partial charge in [-0.25, -0.2) is 4.98 Å². The van der Waals surface area contributed by atoms with Crippen molar-refractivity contribution in [2.75, 3.05) is 5.73 Å². The molecule has 5 heteroatoms. The molecule has 5 nitrogen and oxygen atoms in total. The molecule has 2 heterocycles. The number of Topliss-reactive ketones (excluding diaryl/α,β-unsaturated/α-hetero) is 1. The predicted molar refractivity (Wildman–Crippen MR) is 82.1 cm³/mol. The van der Waals surface area contributed by atoms with Crippen LogP contribution in [-0.4, -0.2) is 21.2 Å². The maximum atomic E-state index is 12.6. The summed E-state index contributed by atoms with van der Waals surface area (Å²) in [6.07, 6.45) is 2.24. The van der Waals surface area contributed by atoms with E-state index in [-0.39, 0.29) is 11.6 Å². The van der Waals surface area contributed by atoms with Crippen molar-refractivity contribution < 1.29 is 4.79 Å². The summed E-state index contributed by atoms with van der Waals surface area (Å²) in [4.78, 5) is 16.8. The fourth-order valence-electron chi connectivity index (χ4n) is 2.40. The summed E-state index contributed by atoms with van der Waals surface area (Å²) in [5, 5.41) is 0. The van der Waals surface area contributed by atoms with E-state index in [0.717, 1.165) is 5.56 Å². The topological polar surface area (TPSA) is 86.4 Å². The monoisotopic (exact) mass is 280 g/mol. The molecule has 0 aliphatic carbocycles. The van der Waals surface area contributed by atoms with E-state index in [2.05, 4.69) is 4.98 Å². The lowest BCUT2D eigenvalue weighted by atomic mass is 10.0. The number of carbonyl (C=O) groups excluding carboxylic acids is 1. The number of nitrogens with two attached hydrogens (primary N) is 2. The minimum Gasteiger partial charge on any atom is -0.382 e. The quantitative estimate of drug-likeness (QED) is 0.712. The van der Waals surface area contributed by atoms with E-state index in [0.29, 0.717) is 17.8 Å². The molecule has 4 N–H and O–H groups in total. The zero-order valence-electron chi connectivity index (χ0n) is 11.4. The second-order valence-electron chi connectivity index (χ2n) is 4.93. The SMILES string of the molecule is Nc1nc2ccccn2c1C(=O)[C@H](N)Cc1ccccc1. The zero-order valence-corrected chi connectivity index (χ0v) is 11.4. The molecule has 2 aromatic heterocycles. The van der Waals surface area contributed by atoms with Crippen LogP contribution in [0.25, 0.3) is 5.65 Å². The van der Waals surface area contributed by atoms with E-state index in [9.17, 15) is 4.79 Å². The first-order chi connectivity index (χ1) is 10.2. The lowest BCUT2D eigenvalue weighted by molar-refractivity contribution is 0.0956. The van der Waals surface area contributed by atoms with Crippen molar-refractivity contribution in [2.45, 2.75) is 12.5 Å². The Bertz CT molecular complexity index is 779. The predicted octanol–water partition coefficient (Wildman–Crippen LogP) is 1.67. The van der Waals surface area contributed by atoms with Crippen molar-refractivity contribution in [3.05, 3.63) is 66.0 Å². The van der Waals surface area contributed by atoms with E-state index >= 15 is 0 Å². The Morgan fingerprint density at radius 1 is 1.14 bits per heavy atom. The van der Waals surface area contributed by atoms with Crippen LogP contribution < -0.4 is 11.5 Å². The molecular formula is C16H16N4O. The first-order valence-electron chi connectivity index (χ1n) is 6.73. The van der Waals surface area contributed by atoms with Crippen LogP contribution in [0.5, 0.6) is 0 Å². The number of imidazole rings is 1. The highest BCUT2D eigenvalue weighted by atomic mass is 16.1. The Kier molecular flexibility index (Phi) is 3.41. The smallest absolute Gasteiger partial charge is 0.200 e. The Hall–Kier alpha value is -2.66. The number of nitrogens with zero attached hydrogens (tertiary/aromatic N) is 2. The van der Waals surface area contributed by atoms with Crippen molar-refractivity contribution in [3.63, 3.8) is 0 Å². The van der Waals surface area contributed by atoms with Gasteiger partial charge in [-0.15, -0.1) is 0 Å². The molecule has 0 spiro atoms. The molecular weight excluding hydrogens is 264 g/mol. The van der Waals surface area contributed by atoms with Gasteiger partial charge in [0.05, 0.1) is 6.04 Å². The molecule has 1 aromatic carbocycles. The molecule has 0 radical (unpaired) electrons. The number of hydrogen-bond acceptors (Lipinski definition) is 4. The van der Waals surface area contributed by atoms with Crippen molar-refractivity contribution in [2.24, 2.45) is 5.73 Å². The second kappa shape index (κ2) is 5.38. The molecule has 3 aromatic rings. The van der Waals surface area contributed by atoms with Gasteiger partial charge in [0, 0.05) is 6.20 Å². The normalized spacial score (nSPS) is 12.4. The molecule has 1 atom stereocenters. The minimum absolute atomic E-state index is 0.199. The molecule has 0 unspecified atom stereocenters. The average Bonchev–Trinajstić information content (AvgIpc) is 2.83. The maximum absolute atomic E-state index is 12.6. The molecule has 21 heavy (non-hydrogen) atoms. The summed E-state index contributed by atoms with van der Waals surface area (Å²) >= 11 is 0. The number of fused-ring (bicyclic) bond motifs is 1. The third-order valence-corrected chi connectivity index (χ3v) is 3.43. The van der Waals surface area contributed by atoms with Gasteiger partial charge in [-0.1, -0.05) is 36.4 Å². The lowest BCUT2D eigenvalue weighted by Crippen LogP contribution is -2.34. The molecule has 0 bridgehead atoms. The molecule has 0 aliphatic rings. The average molecular weight is 280 g/mol. The number of ketones is 1. The molecule has 0 fully saturated rings. The third-order valence-electron chi connectivity index (χ3n) is 3.43. The summed E-state index contributed by atoms with van der Waals surface area (Å²) < 4.78 is 1.68. The van der Waals surface area contributed by atoms with Crippen molar-refractivity contribution in [1.82, 2.24) is 9.38 Å². The summed E-state index contributed by atoms with van der Waals surface area (Å²) in [5.41, 5.74) is 13.9. The number of nitrogen functional groups attached to an aromatic ring is 1. The van der Waals surface area contributed by atoms with Gasteiger partial charge >= 0.3 is 0 Å². The van der Waals surface area contributed by atoms with Crippen LogP contribution in [0.2, 0.25) is 0 Å². The van der Waals surface area contributed by atoms with E-state index in [1.54, 1.807) is 16.7 Å². The van der Waals surface area contributed by atoms with Crippen LogP contribution in [0.15, 0.2) is 54.7 Å². The fourth-order valence-corrected chi connectivity index (χ4v) is 2.40. The van der Waals surface area contributed by atoms with Crippen molar-refractivity contribution in [3.8, 4) is 0 Å². The maximum Gasteiger partial charge on any atom is 0.200 e. The van der Waals surface area contributed by atoms with Gasteiger partial charge in [0.25, 0.3) is 0 Å². The molecule has 106 valence electrons. The number of pyridine rings is 1. The van der Waals surface area contributed by atoms with E-state index in [4.69, 9.17) is 11.5 Å². The van der Waals surface area contributed by atoms with Gasteiger partial charge in [0.1, 0.15) is 11.3 Å². The molecule has 3 rings (SSSR count). The number of aromatic nitrogens is 2. The largest absolute Gasteiger partial charge is 0.382 e. The van der Waals surface area contributed by atoms with Crippen LogP contribution in [-0.2, 0) is 6.42 Å².